The van der Waals surface area contributed by atoms with Crippen LogP contribution < -0.4 is 10.6 Å². The second-order valence-electron chi connectivity index (χ2n) is 4.54. The van der Waals surface area contributed by atoms with E-state index >= 15 is 0 Å². The van der Waals surface area contributed by atoms with Gasteiger partial charge in [0.1, 0.15) is 0 Å². The van der Waals surface area contributed by atoms with Crippen molar-refractivity contribution in [3.63, 3.8) is 0 Å². The van der Waals surface area contributed by atoms with Crippen molar-refractivity contribution < 1.29 is 10.2 Å². The highest BCUT2D eigenvalue weighted by Gasteiger charge is 2.32. The zero-order valence-electron chi connectivity index (χ0n) is 10.3. The number of hydrogen-bond acceptors (Lipinski definition) is 4. The molecule has 0 saturated carbocycles. The molecule has 1 heterocycles. The van der Waals surface area contributed by atoms with Gasteiger partial charge in [-0.25, -0.2) is 0 Å². The first-order valence-electron chi connectivity index (χ1n) is 6.29. The predicted molar refractivity (Wildman–Crippen MR) is 72.2 cm³/mol. The molecule has 0 amide bonds. The number of rotatable bonds is 5. The van der Waals surface area contributed by atoms with Crippen molar-refractivity contribution in [2.45, 2.75) is 18.2 Å². The van der Waals surface area contributed by atoms with Gasteiger partial charge in [-0.2, -0.15) is 0 Å². The highest BCUT2D eigenvalue weighted by molar-refractivity contribution is 5.48. The van der Waals surface area contributed by atoms with Crippen molar-refractivity contribution in [1.29, 1.82) is 0 Å². The second kappa shape index (κ2) is 6.66. The fourth-order valence-corrected chi connectivity index (χ4v) is 2.06. The van der Waals surface area contributed by atoms with E-state index in [1.165, 1.54) is 5.56 Å². The van der Waals surface area contributed by atoms with Gasteiger partial charge in [0.15, 0.2) is 0 Å². The smallest absolute Gasteiger partial charge is 0.0976 e. The monoisotopic (exact) mass is 248 g/mol. The fraction of sp³-hybridized carbons (Fsp3) is 0.429. The van der Waals surface area contributed by atoms with Gasteiger partial charge in [0.05, 0.1) is 12.2 Å². The van der Waals surface area contributed by atoms with Gasteiger partial charge in [0, 0.05) is 25.7 Å². The van der Waals surface area contributed by atoms with Crippen LogP contribution in [0, 0.1) is 0 Å². The zero-order valence-corrected chi connectivity index (χ0v) is 10.3. The lowest BCUT2D eigenvalue weighted by Gasteiger charge is -2.15. The normalized spacial score (nSPS) is 28.0. The van der Waals surface area contributed by atoms with Gasteiger partial charge in [0.25, 0.3) is 0 Å². The standard InChI is InChI=1S/C14H20N2O2/c17-13-10-16-12(14(13)18)9-15-8-4-7-11-5-2-1-3-6-11/h1-7,12-18H,8-10H2/b7-4+/t12-,13+,14-/m1/s1. The highest BCUT2D eigenvalue weighted by Crippen LogP contribution is 2.06. The van der Waals surface area contributed by atoms with Crippen molar-refractivity contribution in [1.82, 2.24) is 10.6 Å². The number of hydrogen-bond donors (Lipinski definition) is 4. The van der Waals surface area contributed by atoms with Gasteiger partial charge in [0.2, 0.25) is 0 Å². The SMILES string of the molecule is O[C@H]1[C@@H](O)CN[C@@H]1CNC/C=C/c1ccccc1. The summed E-state index contributed by atoms with van der Waals surface area (Å²) in [6.07, 6.45) is 2.79. The summed E-state index contributed by atoms with van der Waals surface area (Å²) in [5.41, 5.74) is 1.17. The minimum Gasteiger partial charge on any atom is -0.389 e. The molecule has 0 radical (unpaired) electrons. The van der Waals surface area contributed by atoms with Crippen molar-refractivity contribution >= 4 is 6.08 Å². The summed E-state index contributed by atoms with van der Waals surface area (Å²) < 4.78 is 0. The number of β-amino-alcohol motifs (C(OH)–C–C–N with tert-alkyl or cyclic N) is 1. The van der Waals surface area contributed by atoms with E-state index in [0.29, 0.717) is 13.1 Å². The Kier molecular flexibility index (Phi) is 4.90. The Balaban J connectivity index is 1.66. The minimum atomic E-state index is -0.671. The third-order valence-electron chi connectivity index (χ3n) is 3.13. The Morgan fingerprint density at radius 2 is 2.06 bits per heavy atom. The van der Waals surface area contributed by atoms with Gasteiger partial charge >= 0.3 is 0 Å². The van der Waals surface area contributed by atoms with Crippen LogP contribution in [0.2, 0.25) is 0 Å². The number of nitrogens with one attached hydrogen (secondary N) is 2. The Labute approximate surface area is 107 Å². The molecule has 2 rings (SSSR count). The van der Waals surface area contributed by atoms with Crippen LogP contribution >= 0.6 is 0 Å². The average molecular weight is 248 g/mol. The van der Waals surface area contributed by atoms with E-state index in [1.54, 1.807) is 0 Å². The lowest BCUT2D eigenvalue weighted by atomic mass is 10.1. The van der Waals surface area contributed by atoms with Gasteiger partial charge < -0.3 is 20.8 Å². The summed E-state index contributed by atoms with van der Waals surface area (Å²) in [7, 11) is 0. The van der Waals surface area contributed by atoms with Crippen LogP contribution in [-0.2, 0) is 0 Å². The molecule has 1 aromatic carbocycles. The van der Waals surface area contributed by atoms with Crippen molar-refractivity contribution in [3.05, 3.63) is 42.0 Å². The molecule has 3 atom stereocenters. The third kappa shape index (κ3) is 3.65. The Morgan fingerprint density at radius 3 is 2.72 bits per heavy atom. The van der Waals surface area contributed by atoms with Gasteiger partial charge in [-0.15, -0.1) is 0 Å². The van der Waals surface area contributed by atoms with Crippen molar-refractivity contribution in [2.24, 2.45) is 0 Å². The first kappa shape index (κ1) is 13.2. The summed E-state index contributed by atoms with van der Waals surface area (Å²) in [4.78, 5) is 0. The van der Waals surface area contributed by atoms with Crippen LogP contribution in [0.25, 0.3) is 6.08 Å². The summed E-state index contributed by atoms with van der Waals surface area (Å²) in [6.45, 7) is 1.86. The molecule has 0 bridgehead atoms. The largest absolute Gasteiger partial charge is 0.389 e. The molecule has 0 spiro atoms. The molecule has 1 aromatic rings. The Bertz CT molecular complexity index is 381. The van der Waals surface area contributed by atoms with Gasteiger partial charge in [-0.05, 0) is 5.56 Å². The topological polar surface area (TPSA) is 64.5 Å². The fourth-order valence-electron chi connectivity index (χ4n) is 2.06. The molecule has 1 aliphatic heterocycles. The maximum atomic E-state index is 9.62. The van der Waals surface area contributed by atoms with E-state index in [1.807, 2.05) is 24.3 Å². The second-order valence-corrected chi connectivity index (χ2v) is 4.54. The quantitative estimate of drug-likeness (QED) is 0.553. The Hall–Kier alpha value is -1.20. The van der Waals surface area contributed by atoms with Crippen LogP contribution in [-0.4, -0.2) is 48.1 Å². The zero-order chi connectivity index (χ0) is 12.8. The highest BCUT2D eigenvalue weighted by atomic mass is 16.3. The molecule has 0 aromatic heterocycles. The molecule has 4 heteroatoms. The molecule has 0 unspecified atom stereocenters. The summed E-state index contributed by atoms with van der Waals surface area (Å²) in [5.74, 6) is 0. The minimum absolute atomic E-state index is 0.0647. The van der Waals surface area contributed by atoms with Crippen LogP contribution in [0.4, 0.5) is 0 Å². The van der Waals surface area contributed by atoms with Gasteiger partial charge in [-0.3, -0.25) is 0 Å². The van der Waals surface area contributed by atoms with E-state index in [4.69, 9.17) is 0 Å². The van der Waals surface area contributed by atoms with E-state index in [-0.39, 0.29) is 6.04 Å². The number of aliphatic hydroxyl groups excluding tert-OH is 2. The van der Waals surface area contributed by atoms with Crippen LogP contribution in [0.15, 0.2) is 36.4 Å². The van der Waals surface area contributed by atoms with E-state index in [0.717, 1.165) is 6.54 Å². The molecule has 18 heavy (non-hydrogen) atoms. The van der Waals surface area contributed by atoms with E-state index in [2.05, 4.69) is 28.8 Å². The molecular formula is C14H20N2O2. The Morgan fingerprint density at radius 1 is 1.28 bits per heavy atom. The van der Waals surface area contributed by atoms with E-state index in [9.17, 15) is 10.2 Å². The lowest BCUT2D eigenvalue weighted by Crippen LogP contribution is -2.41. The van der Waals surface area contributed by atoms with Gasteiger partial charge in [-0.1, -0.05) is 42.5 Å². The molecule has 1 aliphatic rings. The molecular weight excluding hydrogens is 228 g/mol. The third-order valence-corrected chi connectivity index (χ3v) is 3.13. The summed E-state index contributed by atoms with van der Waals surface area (Å²) in [5, 5.41) is 25.3. The first-order valence-corrected chi connectivity index (χ1v) is 6.29. The van der Waals surface area contributed by atoms with Crippen LogP contribution in [0.5, 0.6) is 0 Å². The lowest BCUT2D eigenvalue weighted by molar-refractivity contribution is 0.0409. The van der Waals surface area contributed by atoms with E-state index < -0.39 is 12.2 Å². The molecule has 1 saturated heterocycles. The van der Waals surface area contributed by atoms with Crippen molar-refractivity contribution in [3.8, 4) is 0 Å². The van der Waals surface area contributed by atoms with Crippen LogP contribution in [0.1, 0.15) is 5.56 Å². The average Bonchev–Trinajstić information content (AvgIpc) is 2.71. The van der Waals surface area contributed by atoms with Crippen molar-refractivity contribution in [2.75, 3.05) is 19.6 Å². The number of aliphatic hydroxyl groups is 2. The molecule has 4 nitrogen and oxygen atoms in total. The maximum absolute atomic E-state index is 9.62. The summed E-state index contributed by atoms with van der Waals surface area (Å²) >= 11 is 0. The predicted octanol–water partition coefficient (Wildman–Crippen LogP) is -0.0170. The first-order chi connectivity index (χ1) is 8.77. The molecule has 4 N–H and O–H groups in total. The maximum Gasteiger partial charge on any atom is 0.0976 e. The molecule has 98 valence electrons. The molecule has 0 aliphatic carbocycles. The molecule has 1 fully saturated rings. The summed E-state index contributed by atoms with van der Waals surface area (Å²) in [6, 6.07) is 10.0. The number of benzene rings is 1. The van der Waals surface area contributed by atoms with Crippen LogP contribution in [0.3, 0.4) is 0 Å².